The molecule has 1 aromatic rings. The molecule has 1 aliphatic heterocycles. The van der Waals surface area contributed by atoms with E-state index in [1.807, 2.05) is 11.8 Å². The molecule has 0 spiro atoms. The van der Waals surface area contributed by atoms with Crippen LogP contribution < -0.4 is 4.90 Å². The van der Waals surface area contributed by atoms with Gasteiger partial charge in [-0.15, -0.1) is 5.10 Å². The molecule has 0 amide bonds. The van der Waals surface area contributed by atoms with Crippen molar-refractivity contribution in [2.75, 3.05) is 24.6 Å². The van der Waals surface area contributed by atoms with Crippen molar-refractivity contribution < 1.29 is 4.74 Å². The predicted octanol–water partition coefficient (Wildman–Crippen LogP) is 0.725. The zero-order valence-electron chi connectivity index (χ0n) is 10.8. The van der Waals surface area contributed by atoms with Crippen LogP contribution in [-0.4, -0.2) is 41.0 Å². The Morgan fingerprint density at radius 1 is 1.33 bits per heavy atom. The number of hydrogen-bond acceptors (Lipinski definition) is 6. The summed E-state index contributed by atoms with van der Waals surface area (Å²) in [5.41, 5.74) is 1.94. The molecular formula is C12H17N5O. The Morgan fingerprint density at radius 3 is 2.78 bits per heavy atom. The average Bonchev–Trinajstić information content (AvgIpc) is 2.46. The largest absolute Gasteiger partial charge is 0.360 e. The summed E-state index contributed by atoms with van der Waals surface area (Å²) in [6.07, 6.45) is 1.28. The van der Waals surface area contributed by atoms with E-state index >= 15 is 0 Å². The van der Waals surface area contributed by atoms with Gasteiger partial charge in [0.15, 0.2) is 6.10 Å². The highest BCUT2D eigenvalue weighted by atomic mass is 16.5. The number of aromatic nitrogens is 3. The van der Waals surface area contributed by atoms with Crippen LogP contribution in [0.2, 0.25) is 0 Å². The first-order valence-electron chi connectivity index (χ1n) is 6.27. The van der Waals surface area contributed by atoms with Gasteiger partial charge in [-0.05, 0) is 12.8 Å². The van der Waals surface area contributed by atoms with Gasteiger partial charge in [0, 0.05) is 6.54 Å². The van der Waals surface area contributed by atoms with E-state index in [1.54, 1.807) is 0 Å². The van der Waals surface area contributed by atoms with Crippen molar-refractivity contribution in [3.05, 3.63) is 11.4 Å². The van der Waals surface area contributed by atoms with Crippen molar-refractivity contribution in [1.29, 1.82) is 5.26 Å². The Kier molecular flexibility index (Phi) is 4.05. The van der Waals surface area contributed by atoms with Gasteiger partial charge < -0.3 is 9.64 Å². The minimum absolute atomic E-state index is 0.404. The molecule has 18 heavy (non-hydrogen) atoms. The molecule has 0 aromatic carbocycles. The van der Waals surface area contributed by atoms with Crippen molar-refractivity contribution in [2.45, 2.75) is 32.8 Å². The Morgan fingerprint density at radius 2 is 2.11 bits per heavy atom. The van der Waals surface area contributed by atoms with E-state index in [4.69, 9.17) is 10.00 Å². The van der Waals surface area contributed by atoms with E-state index in [2.05, 4.69) is 28.2 Å². The van der Waals surface area contributed by atoms with Crippen LogP contribution in [0.4, 0.5) is 5.95 Å². The van der Waals surface area contributed by atoms with Gasteiger partial charge in [-0.3, -0.25) is 0 Å². The van der Waals surface area contributed by atoms with Gasteiger partial charge >= 0.3 is 0 Å². The molecule has 2 rings (SSSR count). The minimum Gasteiger partial charge on any atom is -0.360 e. The fourth-order valence-electron chi connectivity index (χ4n) is 1.97. The van der Waals surface area contributed by atoms with Crippen LogP contribution in [0.25, 0.3) is 0 Å². The molecule has 1 saturated heterocycles. The van der Waals surface area contributed by atoms with Gasteiger partial charge in [0.25, 0.3) is 0 Å². The highest BCUT2D eigenvalue weighted by Gasteiger charge is 2.22. The zero-order valence-corrected chi connectivity index (χ0v) is 10.8. The lowest BCUT2D eigenvalue weighted by atomic mass is 10.2. The molecule has 0 aliphatic carbocycles. The van der Waals surface area contributed by atoms with E-state index in [9.17, 15) is 0 Å². The van der Waals surface area contributed by atoms with Gasteiger partial charge in [-0.2, -0.15) is 10.4 Å². The summed E-state index contributed by atoms with van der Waals surface area (Å²) in [6, 6.07) is 2.11. The molecule has 0 radical (unpaired) electrons. The monoisotopic (exact) mass is 247 g/mol. The third-order valence-corrected chi connectivity index (χ3v) is 2.99. The van der Waals surface area contributed by atoms with Gasteiger partial charge in [-0.25, -0.2) is 4.98 Å². The van der Waals surface area contributed by atoms with Gasteiger partial charge in [0.1, 0.15) is 0 Å². The van der Waals surface area contributed by atoms with Crippen LogP contribution in [0.5, 0.6) is 0 Å². The summed E-state index contributed by atoms with van der Waals surface area (Å²) in [6.45, 7) is 5.84. The third-order valence-electron chi connectivity index (χ3n) is 2.99. The van der Waals surface area contributed by atoms with Gasteiger partial charge in [-0.1, -0.05) is 13.8 Å². The first-order valence-corrected chi connectivity index (χ1v) is 6.27. The lowest BCUT2D eigenvalue weighted by Gasteiger charge is -2.29. The fourth-order valence-corrected chi connectivity index (χ4v) is 1.97. The second-order valence-electron chi connectivity index (χ2n) is 4.15. The van der Waals surface area contributed by atoms with E-state index in [1.165, 1.54) is 0 Å². The smallest absolute Gasteiger partial charge is 0.245 e. The molecule has 0 N–H and O–H groups in total. The summed E-state index contributed by atoms with van der Waals surface area (Å²) in [7, 11) is 0. The van der Waals surface area contributed by atoms with Crippen LogP contribution >= 0.6 is 0 Å². The number of rotatable bonds is 3. The molecule has 6 nitrogen and oxygen atoms in total. The number of aryl methyl sites for hydroxylation is 2. The highest BCUT2D eigenvalue weighted by molar-refractivity contribution is 5.32. The maximum absolute atomic E-state index is 8.88. The summed E-state index contributed by atoms with van der Waals surface area (Å²) in [5.74, 6) is 0.604. The topological polar surface area (TPSA) is 74.9 Å². The van der Waals surface area contributed by atoms with Gasteiger partial charge in [0.05, 0.1) is 30.6 Å². The second-order valence-corrected chi connectivity index (χ2v) is 4.15. The van der Waals surface area contributed by atoms with Crippen molar-refractivity contribution in [3.63, 3.8) is 0 Å². The Balaban J connectivity index is 2.20. The first kappa shape index (κ1) is 12.7. The predicted molar refractivity (Wildman–Crippen MR) is 66.1 cm³/mol. The molecule has 1 unspecified atom stereocenters. The molecule has 6 heteroatoms. The van der Waals surface area contributed by atoms with E-state index < -0.39 is 6.10 Å². The molecule has 1 aliphatic rings. The molecule has 1 fully saturated rings. The highest BCUT2D eigenvalue weighted by Crippen LogP contribution is 2.14. The molecule has 96 valence electrons. The minimum atomic E-state index is -0.404. The van der Waals surface area contributed by atoms with Crippen molar-refractivity contribution >= 4 is 5.95 Å². The van der Waals surface area contributed by atoms with Crippen LogP contribution in [-0.2, 0) is 17.6 Å². The maximum atomic E-state index is 8.88. The Bertz CT molecular complexity index is 456. The van der Waals surface area contributed by atoms with E-state index in [-0.39, 0.29) is 0 Å². The van der Waals surface area contributed by atoms with Crippen LogP contribution in [0.1, 0.15) is 25.2 Å². The summed E-state index contributed by atoms with van der Waals surface area (Å²) in [4.78, 5) is 6.50. The summed E-state index contributed by atoms with van der Waals surface area (Å²) >= 11 is 0. The van der Waals surface area contributed by atoms with Crippen LogP contribution in [0.3, 0.4) is 0 Å². The fraction of sp³-hybridized carbons (Fsp3) is 0.667. The standard InChI is InChI=1S/C12H17N5O/c1-3-10-11(4-2)15-16-12(14-10)17-5-6-18-9(7-13)8-17/h9H,3-6,8H2,1-2H3. The number of nitriles is 1. The Labute approximate surface area is 107 Å². The number of ether oxygens (including phenoxy) is 1. The van der Waals surface area contributed by atoms with Crippen molar-refractivity contribution in [2.24, 2.45) is 0 Å². The number of anilines is 1. The quantitative estimate of drug-likeness (QED) is 0.783. The SMILES string of the molecule is CCc1nnc(N2CCOC(C#N)C2)nc1CC. The van der Waals surface area contributed by atoms with E-state index in [0.717, 1.165) is 24.2 Å². The van der Waals surface area contributed by atoms with Crippen molar-refractivity contribution in [3.8, 4) is 6.07 Å². The number of nitrogens with zero attached hydrogens (tertiary/aromatic N) is 5. The maximum Gasteiger partial charge on any atom is 0.245 e. The Hall–Kier alpha value is -1.74. The lowest BCUT2D eigenvalue weighted by Crippen LogP contribution is -2.43. The lowest BCUT2D eigenvalue weighted by molar-refractivity contribution is 0.0757. The molecule has 0 saturated carbocycles. The summed E-state index contributed by atoms with van der Waals surface area (Å²) < 4.78 is 5.30. The van der Waals surface area contributed by atoms with Gasteiger partial charge in [0.2, 0.25) is 5.95 Å². The molecule has 1 atom stereocenters. The van der Waals surface area contributed by atoms with Crippen LogP contribution in [0, 0.1) is 11.3 Å². The number of hydrogen-bond donors (Lipinski definition) is 0. The van der Waals surface area contributed by atoms with Crippen molar-refractivity contribution in [1.82, 2.24) is 15.2 Å². The molecule has 1 aromatic heterocycles. The zero-order chi connectivity index (χ0) is 13.0. The van der Waals surface area contributed by atoms with E-state index in [0.29, 0.717) is 25.6 Å². The molecule has 0 bridgehead atoms. The normalized spacial score (nSPS) is 19.6. The molecule has 2 heterocycles. The number of morpholine rings is 1. The summed E-state index contributed by atoms with van der Waals surface area (Å²) in [5, 5.41) is 17.2. The first-order chi connectivity index (χ1) is 8.78. The molecular weight excluding hydrogens is 230 g/mol. The average molecular weight is 247 g/mol. The third kappa shape index (κ3) is 2.57. The second kappa shape index (κ2) is 5.74. The van der Waals surface area contributed by atoms with Crippen LogP contribution in [0.15, 0.2) is 0 Å².